The van der Waals surface area contributed by atoms with Crippen LogP contribution in [-0.2, 0) is 11.2 Å². The van der Waals surface area contributed by atoms with Crippen molar-refractivity contribution in [1.82, 2.24) is 9.88 Å². The highest BCUT2D eigenvalue weighted by Crippen LogP contribution is 2.29. The fraction of sp³-hybridized carbons (Fsp3) is 0.273. The van der Waals surface area contributed by atoms with Crippen molar-refractivity contribution in [3.05, 3.63) is 81.8 Å². The lowest BCUT2D eigenvalue weighted by molar-refractivity contribution is -0.131. The number of aromatic amines is 1. The monoisotopic (exact) mass is 382 g/mol. The van der Waals surface area contributed by atoms with Gasteiger partial charge >= 0.3 is 0 Å². The minimum atomic E-state index is -0.847. The molecule has 3 aromatic rings. The average Bonchev–Trinajstić information content (AvgIpc) is 2.70. The van der Waals surface area contributed by atoms with Crippen LogP contribution in [0.2, 0.25) is 0 Å². The standard InChI is InChI=1S/C22H20F2N2O2/c23-19-6-5-15(12-20(19)24)14-7-9-26(10-8-14)21(27)13-17-11-16-3-1-2-4-18(16)22(28)25-17/h1-6,11-12,14H,7-10,13H2,(H,25,28). The van der Waals surface area contributed by atoms with Crippen LogP contribution in [-0.4, -0.2) is 28.9 Å². The zero-order valence-electron chi connectivity index (χ0n) is 15.3. The molecule has 0 atom stereocenters. The molecule has 144 valence electrons. The molecule has 1 N–H and O–H groups in total. The minimum Gasteiger partial charge on any atom is -0.342 e. The first-order chi connectivity index (χ1) is 13.5. The Kier molecular flexibility index (Phi) is 4.94. The van der Waals surface area contributed by atoms with E-state index in [4.69, 9.17) is 0 Å². The van der Waals surface area contributed by atoms with Gasteiger partial charge in [0.25, 0.3) is 5.56 Å². The third-order valence-corrected chi connectivity index (χ3v) is 5.41. The van der Waals surface area contributed by atoms with E-state index in [0.29, 0.717) is 37.0 Å². The maximum Gasteiger partial charge on any atom is 0.256 e. The molecular weight excluding hydrogens is 362 g/mol. The van der Waals surface area contributed by atoms with Gasteiger partial charge in [-0.2, -0.15) is 0 Å². The Labute approximate surface area is 160 Å². The van der Waals surface area contributed by atoms with E-state index in [0.717, 1.165) is 17.0 Å². The molecule has 0 bridgehead atoms. The molecule has 0 radical (unpaired) electrons. The Bertz CT molecular complexity index is 1090. The van der Waals surface area contributed by atoms with Gasteiger partial charge in [0, 0.05) is 24.2 Å². The number of nitrogens with zero attached hydrogens (tertiary/aromatic N) is 1. The van der Waals surface area contributed by atoms with E-state index in [1.54, 1.807) is 23.1 Å². The van der Waals surface area contributed by atoms with Gasteiger partial charge in [0.05, 0.1) is 6.42 Å². The number of aromatic nitrogens is 1. The normalized spacial score (nSPS) is 15.1. The topological polar surface area (TPSA) is 53.2 Å². The van der Waals surface area contributed by atoms with E-state index in [1.807, 2.05) is 18.2 Å². The van der Waals surface area contributed by atoms with Crippen LogP contribution in [0.5, 0.6) is 0 Å². The molecular formula is C22H20F2N2O2. The lowest BCUT2D eigenvalue weighted by Crippen LogP contribution is -2.39. The van der Waals surface area contributed by atoms with Crippen LogP contribution >= 0.6 is 0 Å². The number of benzene rings is 2. The molecule has 2 aromatic carbocycles. The first-order valence-corrected chi connectivity index (χ1v) is 9.35. The number of hydrogen-bond donors (Lipinski definition) is 1. The average molecular weight is 382 g/mol. The number of likely N-dealkylation sites (tertiary alicyclic amines) is 1. The quantitative estimate of drug-likeness (QED) is 0.750. The summed E-state index contributed by atoms with van der Waals surface area (Å²) in [6.07, 6.45) is 1.53. The van der Waals surface area contributed by atoms with E-state index in [2.05, 4.69) is 4.98 Å². The Hall–Kier alpha value is -3.02. The van der Waals surface area contributed by atoms with Crippen molar-refractivity contribution < 1.29 is 13.6 Å². The van der Waals surface area contributed by atoms with E-state index < -0.39 is 11.6 Å². The SMILES string of the molecule is O=C(Cc1cc2ccccc2c(=O)[nH]1)N1CCC(c2ccc(F)c(F)c2)CC1. The minimum absolute atomic E-state index is 0.0466. The number of hydrogen-bond acceptors (Lipinski definition) is 2. The Morgan fingerprint density at radius 3 is 2.54 bits per heavy atom. The van der Waals surface area contributed by atoms with Gasteiger partial charge in [-0.25, -0.2) is 8.78 Å². The number of rotatable bonds is 3. The zero-order chi connectivity index (χ0) is 19.7. The Morgan fingerprint density at radius 2 is 1.79 bits per heavy atom. The van der Waals surface area contributed by atoms with Gasteiger partial charge in [-0.3, -0.25) is 9.59 Å². The van der Waals surface area contributed by atoms with Gasteiger partial charge in [0.1, 0.15) is 0 Å². The van der Waals surface area contributed by atoms with Crippen molar-refractivity contribution in [2.45, 2.75) is 25.2 Å². The van der Waals surface area contributed by atoms with Gasteiger partial charge in [0.15, 0.2) is 11.6 Å². The fourth-order valence-corrected chi connectivity index (χ4v) is 3.87. The van der Waals surface area contributed by atoms with Gasteiger partial charge in [-0.05, 0) is 54.0 Å². The molecule has 4 rings (SSSR count). The van der Waals surface area contributed by atoms with Gasteiger partial charge < -0.3 is 9.88 Å². The lowest BCUT2D eigenvalue weighted by Gasteiger charge is -2.32. The van der Waals surface area contributed by atoms with E-state index in [-0.39, 0.29) is 23.8 Å². The second kappa shape index (κ2) is 7.54. The highest BCUT2D eigenvalue weighted by Gasteiger charge is 2.24. The smallest absolute Gasteiger partial charge is 0.256 e. The number of H-pyrrole nitrogens is 1. The summed E-state index contributed by atoms with van der Waals surface area (Å²) in [5.74, 6) is -1.62. The molecule has 0 unspecified atom stereocenters. The molecule has 1 amide bonds. The molecule has 1 saturated heterocycles. The number of carbonyl (C=O) groups excluding carboxylic acids is 1. The number of piperidine rings is 1. The van der Waals surface area contributed by atoms with Crippen LogP contribution in [0.4, 0.5) is 8.78 Å². The maximum absolute atomic E-state index is 13.5. The fourth-order valence-electron chi connectivity index (χ4n) is 3.87. The zero-order valence-corrected chi connectivity index (χ0v) is 15.3. The molecule has 4 nitrogen and oxygen atoms in total. The van der Waals surface area contributed by atoms with Crippen molar-refractivity contribution in [1.29, 1.82) is 0 Å². The number of carbonyl (C=O) groups is 1. The summed E-state index contributed by atoms with van der Waals surface area (Å²) in [5, 5.41) is 1.41. The van der Waals surface area contributed by atoms with Crippen molar-refractivity contribution >= 4 is 16.7 Å². The van der Waals surface area contributed by atoms with Crippen LogP contribution in [0.1, 0.15) is 30.0 Å². The molecule has 0 spiro atoms. The van der Waals surface area contributed by atoms with Crippen molar-refractivity contribution in [2.75, 3.05) is 13.1 Å². The highest BCUT2D eigenvalue weighted by molar-refractivity contribution is 5.84. The van der Waals surface area contributed by atoms with Gasteiger partial charge in [-0.15, -0.1) is 0 Å². The Morgan fingerprint density at radius 1 is 1.04 bits per heavy atom. The van der Waals surface area contributed by atoms with E-state index in [1.165, 1.54) is 6.07 Å². The summed E-state index contributed by atoms with van der Waals surface area (Å²) < 4.78 is 26.6. The molecule has 1 aliphatic heterocycles. The molecule has 1 aromatic heterocycles. The highest BCUT2D eigenvalue weighted by atomic mass is 19.2. The van der Waals surface area contributed by atoms with Crippen molar-refractivity contribution in [3.63, 3.8) is 0 Å². The van der Waals surface area contributed by atoms with Gasteiger partial charge in [-0.1, -0.05) is 24.3 Å². The lowest BCUT2D eigenvalue weighted by atomic mass is 9.89. The van der Waals surface area contributed by atoms with Crippen LogP contribution < -0.4 is 5.56 Å². The summed E-state index contributed by atoms with van der Waals surface area (Å²) in [6.45, 7) is 1.11. The van der Waals surface area contributed by atoms with E-state index in [9.17, 15) is 18.4 Å². The molecule has 1 fully saturated rings. The molecule has 2 heterocycles. The second-order valence-electron chi connectivity index (χ2n) is 7.22. The summed E-state index contributed by atoms with van der Waals surface area (Å²) in [6, 6.07) is 13.1. The van der Waals surface area contributed by atoms with Crippen LogP contribution in [0, 0.1) is 11.6 Å². The van der Waals surface area contributed by atoms with Crippen LogP contribution in [0.3, 0.4) is 0 Å². The number of nitrogens with one attached hydrogen (secondary N) is 1. The predicted octanol–water partition coefficient (Wildman–Crippen LogP) is 3.76. The van der Waals surface area contributed by atoms with E-state index >= 15 is 0 Å². The van der Waals surface area contributed by atoms with Gasteiger partial charge in [0.2, 0.25) is 5.91 Å². The first kappa shape index (κ1) is 18.3. The Balaban J connectivity index is 1.41. The number of pyridine rings is 1. The number of amides is 1. The van der Waals surface area contributed by atoms with Crippen molar-refractivity contribution in [3.8, 4) is 0 Å². The van der Waals surface area contributed by atoms with Crippen LogP contribution in [0.25, 0.3) is 10.8 Å². The number of halogens is 2. The third kappa shape index (κ3) is 3.67. The molecule has 1 aliphatic rings. The second-order valence-corrected chi connectivity index (χ2v) is 7.22. The molecule has 0 saturated carbocycles. The maximum atomic E-state index is 13.5. The molecule has 28 heavy (non-hydrogen) atoms. The summed E-state index contributed by atoms with van der Waals surface area (Å²) in [5.41, 5.74) is 1.17. The first-order valence-electron chi connectivity index (χ1n) is 9.35. The molecule has 0 aliphatic carbocycles. The van der Waals surface area contributed by atoms with Crippen LogP contribution in [0.15, 0.2) is 53.3 Å². The summed E-state index contributed by atoms with van der Waals surface area (Å²) in [7, 11) is 0. The summed E-state index contributed by atoms with van der Waals surface area (Å²) >= 11 is 0. The molecule has 6 heteroatoms. The predicted molar refractivity (Wildman–Crippen MR) is 103 cm³/mol. The van der Waals surface area contributed by atoms with Crippen molar-refractivity contribution in [2.24, 2.45) is 0 Å². The summed E-state index contributed by atoms with van der Waals surface area (Å²) in [4.78, 5) is 29.4. The third-order valence-electron chi connectivity index (χ3n) is 5.41. The largest absolute Gasteiger partial charge is 0.342 e. The number of fused-ring (bicyclic) bond motifs is 1.